The van der Waals surface area contributed by atoms with Crippen LogP contribution in [0.1, 0.15) is 5.69 Å². The van der Waals surface area contributed by atoms with E-state index in [1.54, 1.807) is 11.8 Å². The molecule has 0 unspecified atom stereocenters. The van der Waals surface area contributed by atoms with Gasteiger partial charge in [0.25, 0.3) is 0 Å². The lowest BCUT2D eigenvalue weighted by atomic mass is 10.5. The number of aryl methyl sites for hydroxylation is 1. The fourth-order valence-corrected chi connectivity index (χ4v) is 3.17. The molecule has 1 aliphatic rings. The first kappa shape index (κ1) is 11.5. The van der Waals surface area contributed by atoms with Crippen LogP contribution in [0.4, 0.5) is 10.6 Å². The van der Waals surface area contributed by atoms with Gasteiger partial charge in [-0.05, 0) is 6.92 Å². The summed E-state index contributed by atoms with van der Waals surface area (Å²) in [5.41, 5.74) is 0.804. The maximum Gasteiger partial charge on any atom is 0.326 e. The minimum absolute atomic E-state index is 0.278. The Morgan fingerprint density at radius 2 is 2.39 bits per heavy atom. The van der Waals surface area contributed by atoms with Crippen LogP contribution in [0.3, 0.4) is 0 Å². The third-order valence-electron chi connectivity index (χ3n) is 2.47. The molecule has 2 aromatic rings. The molecule has 8 heteroatoms. The zero-order chi connectivity index (χ0) is 12.5. The maximum atomic E-state index is 11.8. The summed E-state index contributed by atoms with van der Waals surface area (Å²) in [5, 5.41) is 8.14. The molecule has 0 fully saturated rings. The number of aromatic nitrogens is 2. The van der Waals surface area contributed by atoms with Gasteiger partial charge in [0.05, 0.1) is 12.2 Å². The fraction of sp³-hybridized carbons (Fsp3) is 0.300. The smallest absolute Gasteiger partial charge is 0.292 e. The average molecular weight is 281 g/mol. The molecule has 0 saturated carbocycles. The Morgan fingerprint density at radius 1 is 1.50 bits per heavy atom. The van der Waals surface area contributed by atoms with E-state index in [0.717, 1.165) is 23.0 Å². The lowest BCUT2D eigenvalue weighted by Gasteiger charge is -2.06. The number of hydrogen-bond donors (Lipinski definition) is 2. The predicted octanol–water partition coefficient (Wildman–Crippen LogP) is 1.93. The largest absolute Gasteiger partial charge is 0.326 e. The van der Waals surface area contributed by atoms with Gasteiger partial charge in [-0.25, -0.2) is 9.78 Å². The van der Waals surface area contributed by atoms with Gasteiger partial charge in [-0.1, -0.05) is 11.8 Å². The third-order valence-corrected chi connectivity index (χ3v) is 4.12. The van der Waals surface area contributed by atoms with Crippen molar-refractivity contribution < 1.29 is 4.79 Å². The summed E-state index contributed by atoms with van der Waals surface area (Å²) in [5.74, 6) is 1.63. The van der Waals surface area contributed by atoms with Crippen molar-refractivity contribution in [2.45, 2.75) is 6.92 Å². The number of nitrogens with zero attached hydrogens (tertiary/aromatic N) is 3. The number of thioether (sulfide) groups is 1. The average Bonchev–Trinajstić information content (AvgIpc) is 3.00. The Bertz CT molecular complexity index is 629. The summed E-state index contributed by atoms with van der Waals surface area (Å²) in [6, 6.07) is -0.278. The number of carbonyl (C=O) groups excluding carboxylic acids is 1. The number of hydrogen-bond acceptors (Lipinski definition) is 5. The molecule has 3 heterocycles. The molecule has 0 aliphatic carbocycles. The highest BCUT2D eigenvalue weighted by atomic mass is 32.2. The van der Waals surface area contributed by atoms with Crippen LogP contribution < -0.4 is 10.6 Å². The molecule has 1 aliphatic heterocycles. The van der Waals surface area contributed by atoms with Crippen LogP contribution in [-0.2, 0) is 0 Å². The van der Waals surface area contributed by atoms with Crippen molar-refractivity contribution in [3.05, 3.63) is 17.3 Å². The first-order valence-corrected chi connectivity index (χ1v) is 7.28. The van der Waals surface area contributed by atoms with Crippen LogP contribution in [0.2, 0.25) is 0 Å². The molecule has 0 radical (unpaired) electrons. The van der Waals surface area contributed by atoms with Crippen LogP contribution in [0.5, 0.6) is 0 Å². The first-order chi connectivity index (χ1) is 8.74. The van der Waals surface area contributed by atoms with Gasteiger partial charge in [0.15, 0.2) is 10.1 Å². The summed E-state index contributed by atoms with van der Waals surface area (Å²) in [6.45, 7) is 2.64. The number of amides is 2. The number of thiazole rings is 1. The van der Waals surface area contributed by atoms with Crippen LogP contribution in [0, 0.1) is 6.92 Å². The van der Waals surface area contributed by atoms with E-state index in [2.05, 4.69) is 20.6 Å². The van der Waals surface area contributed by atoms with E-state index in [0.29, 0.717) is 11.0 Å². The van der Waals surface area contributed by atoms with Gasteiger partial charge in [0, 0.05) is 17.3 Å². The number of amidine groups is 1. The van der Waals surface area contributed by atoms with Crippen molar-refractivity contribution in [3.8, 4) is 0 Å². The van der Waals surface area contributed by atoms with Gasteiger partial charge in [-0.3, -0.25) is 20.0 Å². The van der Waals surface area contributed by atoms with Crippen LogP contribution >= 0.6 is 23.1 Å². The molecule has 6 nitrogen and oxygen atoms in total. The second kappa shape index (κ2) is 4.62. The van der Waals surface area contributed by atoms with Gasteiger partial charge in [-0.2, -0.15) is 0 Å². The SMILES string of the molecule is Cc1nc2sccn2c1NC(=O)NC1=NCCS1. The fourth-order valence-electron chi connectivity index (χ4n) is 1.69. The van der Waals surface area contributed by atoms with E-state index in [4.69, 9.17) is 0 Å². The summed E-state index contributed by atoms with van der Waals surface area (Å²) in [7, 11) is 0. The number of aliphatic imine (C=N–C) groups is 1. The summed E-state index contributed by atoms with van der Waals surface area (Å²) < 4.78 is 1.86. The van der Waals surface area contributed by atoms with Crippen LogP contribution in [0.25, 0.3) is 4.96 Å². The quantitative estimate of drug-likeness (QED) is 0.839. The molecule has 94 valence electrons. The standard InChI is InChI=1S/C10H11N5OS2/c1-6-7(15-3-5-18-10(15)12-6)13-8(16)14-9-11-2-4-17-9/h3,5H,2,4H2,1H3,(H2,11,13,14,16). The monoisotopic (exact) mass is 281 g/mol. The molecule has 18 heavy (non-hydrogen) atoms. The Labute approximate surface area is 112 Å². The van der Waals surface area contributed by atoms with Gasteiger partial charge >= 0.3 is 6.03 Å². The predicted molar refractivity (Wildman–Crippen MR) is 74.7 cm³/mol. The summed E-state index contributed by atoms with van der Waals surface area (Å²) in [4.78, 5) is 21.2. The minimum Gasteiger partial charge on any atom is -0.292 e. The Hall–Kier alpha value is -1.54. The van der Waals surface area contributed by atoms with Gasteiger partial charge in [0.1, 0.15) is 5.82 Å². The van der Waals surface area contributed by atoms with E-state index in [1.807, 2.05) is 22.9 Å². The molecular weight excluding hydrogens is 270 g/mol. The first-order valence-electron chi connectivity index (χ1n) is 5.41. The van der Waals surface area contributed by atoms with E-state index in [-0.39, 0.29) is 6.03 Å². The molecule has 2 aromatic heterocycles. The Kier molecular flexibility index (Phi) is 2.96. The highest BCUT2D eigenvalue weighted by molar-refractivity contribution is 8.14. The number of fused-ring (bicyclic) bond motifs is 1. The summed E-state index contributed by atoms with van der Waals surface area (Å²) >= 11 is 3.09. The number of carbonyl (C=O) groups is 1. The minimum atomic E-state index is -0.278. The van der Waals surface area contributed by atoms with Crippen molar-refractivity contribution in [1.82, 2.24) is 14.7 Å². The van der Waals surface area contributed by atoms with E-state index >= 15 is 0 Å². The van der Waals surface area contributed by atoms with Crippen molar-refractivity contribution >= 4 is 45.1 Å². The molecule has 0 bridgehead atoms. The zero-order valence-electron chi connectivity index (χ0n) is 9.64. The topological polar surface area (TPSA) is 70.8 Å². The zero-order valence-corrected chi connectivity index (χ0v) is 11.3. The number of anilines is 1. The maximum absolute atomic E-state index is 11.8. The Morgan fingerprint density at radius 3 is 3.17 bits per heavy atom. The molecule has 2 N–H and O–H groups in total. The second-order valence-electron chi connectivity index (χ2n) is 3.72. The van der Waals surface area contributed by atoms with Crippen LogP contribution in [-0.4, -0.2) is 32.9 Å². The Balaban J connectivity index is 1.77. The van der Waals surface area contributed by atoms with E-state index < -0.39 is 0 Å². The van der Waals surface area contributed by atoms with E-state index in [9.17, 15) is 4.79 Å². The molecule has 0 spiro atoms. The molecule has 0 atom stereocenters. The third kappa shape index (κ3) is 2.08. The molecule has 0 saturated heterocycles. The van der Waals surface area contributed by atoms with E-state index in [1.165, 1.54) is 11.3 Å². The molecule has 3 rings (SSSR count). The molecule has 2 amide bonds. The van der Waals surface area contributed by atoms with Crippen molar-refractivity contribution in [1.29, 1.82) is 0 Å². The number of nitrogens with one attached hydrogen (secondary N) is 2. The highest BCUT2D eigenvalue weighted by Gasteiger charge is 2.15. The van der Waals surface area contributed by atoms with Crippen molar-refractivity contribution in [3.63, 3.8) is 0 Å². The number of urea groups is 1. The van der Waals surface area contributed by atoms with Crippen LogP contribution in [0.15, 0.2) is 16.6 Å². The lowest BCUT2D eigenvalue weighted by Crippen LogP contribution is -2.32. The number of imidazole rings is 1. The van der Waals surface area contributed by atoms with Gasteiger partial charge in [0.2, 0.25) is 0 Å². The second-order valence-corrected chi connectivity index (χ2v) is 5.67. The van der Waals surface area contributed by atoms with Gasteiger partial charge in [-0.15, -0.1) is 11.3 Å². The van der Waals surface area contributed by atoms with Gasteiger partial charge < -0.3 is 0 Å². The molecule has 0 aromatic carbocycles. The normalized spacial score (nSPS) is 14.8. The highest BCUT2D eigenvalue weighted by Crippen LogP contribution is 2.21. The molecular formula is C10H11N5OS2. The summed E-state index contributed by atoms with van der Waals surface area (Å²) in [6.07, 6.45) is 1.89. The van der Waals surface area contributed by atoms with Crippen molar-refractivity contribution in [2.75, 3.05) is 17.6 Å². The number of rotatable bonds is 1. The van der Waals surface area contributed by atoms with Crippen molar-refractivity contribution in [2.24, 2.45) is 4.99 Å². The lowest BCUT2D eigenvalue weighted by molar-refractivity contribution is 0.256.